The normalized spacial score (nSPS) is 16.3. The number of nitrogens with one attached hydrogen (secondary N) is 2. The van der Waals surface area contributed by atoms with Gasteiger partial charge in [-0.2, -0.15) is 20.1 Å². The van der Waals surface area contributed by atoms with Gasteiger partial charge in [-0.05, 0) is 49.3 Å². The van der Waals surface area contributed by atoms with E-state index in [1.165, 1.54) is 18.7 Å². The van der Waals surface area contributed by atoms with Crippen LogP contribution in [0.2, 0.25) is 0 Å². The number of Topliss-reactive ketones (excluding diaryl/α,β-unsaturated/α-hetero) is 2. The summed E-state index contributed by atoms with van der Waals surface area (Å²) in [6, 6.07) is 9.63. The first kappa shape index (κ1) is 23.4. The Morgan fingerprint density at radius 3 is 2.49 bits per heavy atom. The number of benzene rings is 1. The van der Waals surface area contributed by atoms with Gasteiger partial charge in [0.15, 0.2) is 16.8 Å². The topological polar surface area (TPSA) is 120 Å². The highest BCUT2D eigenvalue weighted by Gasteiger charge is 2.29. The molecule has 3 aromatic rings. The van der Waals surface area contributed by atoms with Gasteiger partial charge in [0.25, 0.3) is 0 Å². The third-order valence-electron chi connectivity index (χ3n) is 6.13. The Morgan fingerprint density at radius 2 is 1.83 bits per heavy atom. The fourth-order valence-corrected chi connectivity index (χ4v) is 4.55. The molecule has 11 heteroatoms. The second-order valence-corrected chi connectivity index (χ2v) is 10.1. The Hall–Kier alpha value is -3.31. The summed E-state index contributed by atoms with van der Waals surface area (Å²) in [4.78, 5) is 43.1. The lowest BCUT2D eigenvalue weighted by Gasteiger charge is -2.32. The van der Waals surface area contributed by atoms with Crippen LogP contribution in [-0.4, -0.2) is 74.8 Å². The molecule has 1 saturated carbocycles. The number of piperazine rings is 1. The lowest BCUT2D eigenvalue weighted by atomic mass is 10.1. The van der Waals surface area contributed by atoms with Gasteiger partial charge in [0, 0.05) is 56.4 Å². The molecule has 0 radical (unpaired) electrons. The molecule has 0 unspecified atom stereocenters. The molecule has 2 N–H and O–H groups in total. The zero-order valence-corrected chi connectivity index (χ0v) is 20.6. The zero-order chi connectivity index (χ0) is 24.4. The van der Waals surface area contributed by atoms with E-state index in [1.807, 2.05) is 24.3 Å². The largest absolute Gasteiger partial charge is 0.338 e. The molecule has 5 rings (SSSR count). The molecule has 1 aromatic carbocycles. The Morgan fingerprint density at radius 1 is 1.09 bits per heavy atom. The van der Waals surface area contributed by atoms with Crippen LogP contribution in [0.4, 0.5) is 17.7 Å². The number of ketones is 2. The van der Waals surface area contributed by atoms with Crippen molar-refractivity contribution >= 4 is 41.0 Å². The van der Waals surface area contributed by atoms with Crippen molar-refractivity contribution in [1.29, 1.82) is 0 Å². The monoisotopic (exact) mass is 492 g/mol. The number of aromatic amines is 1. The number of H-pyrrole nitrogens is 1. The molecule has 2 aromatic heterocycles. The summed E-state index contributed by atoms with van der Waals surface area (Å²) in [5.74, 6) is 1.94. The molecule has 0 amide bonds. The third-order valence-corrected chi connectivity index (χ3v) is 7.00. The number of carbonyl (C=O) groups is 2. The number of rotatable bonds is 9. The van der Waals surface area contributed by atoms with Gasteiger partial charge in [0.2, 0.25) is 11.9 Å². The molecule has 0 bridgehead atoms. The number of hydrogen-bond donors (Lipinski definition) is 2. The van der Waals surface area contributed by atoms with Crippen LogP contribution in [0.3, 0.4) is 0 Å². The van der Waals surface area contributed by atoms with E-state index in [9.17, 15) is 9.59 Å². The molecule has 2 fully saturated rings. The van der Waals surface area contributed by atoms with Gasteiger partial charge < -0.3 is 15.1 Å². The number of likely N-dealkylation sites (N-methyl/N-ethyl adjacent to an activating group) is 1. The first-order valence-electron chi connectivity index (χ1n) is 11.8. The van der Waals surface area contributed by atoms with Crippen LogP contribution < -0.4 is 10.2 Å². The number of hydrogen-bond acceptors (Lipinski definition) is 10. The second kappa shape index (κ2) is 10.1. The minimum Gasteiger partial charge on any atom is -0.338 e. The lowest BCUT2D eigenvalue weighted by Crippen LogP contribution is -2.45. The van der Waals surface area contributed by atoms with Crippen molar-refractivity contribution in [2.45, 2.75) is 36.2 Å². The van der Waals surface area contributed by atoms with Crippen LogP contribution in [-0.2, 0) is 11.2 Å². The fraction of sp³-hybridized carbons (Fsp3) is 0.417. The number of carbonyl (C=O) groups excluding carboxylic acids is 2. The van der Waals surface area contributed by atoms with E-state index >= 15 is 0 Å². The Bertz CT molecular complexity index is 1220. The second-order valence-electron chi connectivity index (χ2n) is 9.04. The van der Waals surface area contributed by atoms with Gasteiger partial charge in [0.05, 0.1) is 0 Å². The van der Waals surface area contributed by atoms with Gasteiger partial charge >= 0.3 is 0 Å². The minimum absolute atomic E-state index is 0.0992. The summed E-state index contributed by atoms with van der Waals surface area (Å²) in [5.41, 5.74) is 1.44. The summed E-state index contributed by atoms with van der Waals surface area (Å²) in [6.45, 7) is 4.99. The van der Waals surface area contributed by atoms with E-state index in [4.69, 9.17) is 4.98 Å². The summed E-state index contributed by atoms with van der Waals surface area (Å²) in [7, 11) is 2.10. The van der Waals surface area contributed by atoms with Gasteiger partial charge in [0.1, 0.15) is 11.5 Å². The highest BCUT2D eigenvalue weighted by atomic mass is 32.2. The molecule has 35 heavy (non-hydrogen) atoms. The van der Waals surface area contributed by atoms with E-state index in [0.29, 0.717) is 40.8 Å². The molecule has 2 aliphatic rings. The maximum atomic E-state index is 12.1. The summed E-state index contributed by atoms with van der Waals surface area (Å²) >= 11 is 1.44. The van der Waals surface area contributed by atoms with Crippen molar-refractivity contribution < 1.29 is 9.59 Å². The lowest BCUT2D eigenvalue weighted by molar-refractivity contribution is -0.119. The van der Waals surface area contributed by atoms with Gasteiger partial charge in [-0.25, -0.2) is 0 Å². The molecule has 1 saturated heterocycles. The highest BCUT2D eigenvalue weighted by Crippen LogP contribution is 2.32. The van der Waals surface area contributed by atoms with E-state index in [1.54, 1.807) is 6.07 Å². The van der Waals surface area contributed by atoms with Crippen molar-refractivity contribution in [2.24, 2.45) is 5.92 Å². The van der Waals surface area contributed by atoms with Crippen LogP contribution in [0, 0.1) is 5.92 Å². The summed E-state index contributed by atoms with van der Waals surface area (Å²) in [6.07, 6.45) is 2.56. The van der Waals surface area contributed by atoms with Crippen molar-refractivity contribution in [3.8, 4) is 0 Å². The molecule has 0 spiro atoms. The first-order valence-corrected chi connectivity index (χ1v) is 12.6. The van der Waals surface area contributed by atoms with E-state index in [-0.39, 0.29) is 11.7 Å². The number of anilines is 3. The maximum absolute atomic E-state index is 12.1. The summed E-state index contributed by atoms with van der Waals surface area (Å²) < 4.78 is 0. The molecule has 10 nitrogen and oxygen atoms in total. The molecule has 182 valence electrons. The van der Waals surface area contributed by atoms with Gasteiger partial charge in [-0.1, -0.05) is 12.1 Å². The van der Waals surface area contributed by atoms with E-state index in [0.717, 1.165) is 49.5 Å². The fourth-order valence-electron chi connectivity index (χ4n) is 3.81. The Labute approximate surface area is 207 Å². The van der Waals surface area contributed by atoms with Gasteiger partial charge in [-0.3, -0.25) is 14.7 Å². The molecular weight excluding hydrogens is 464 g/mol. The highest BCUT2D eigenvalue weighted by molar-refractivity contribution is 7.99. The summed E-state index contributed by atoms with van der Waals surface area (Å²) in [5, 5.41) is 10.5. The minimum atomic E-state index is -0.0992. The Balaban J connectivity index is 1.35. The predicted molar refractivity (Wildman–Crippen MR) is 133 cm³/mol. The standard InChI is InChI=1S/C24H28N8O2S/c1-15(33)19-14-21(30-29-19)25-22-26-23(32-11-9-31(2)10-12-32)28-24(27-22)35-18-7-3-16(4-8-18)13-20(34)17-5-6-17/h3-4,7-8,14,17H,5-6,9-13H2,1-2H3,(H2,25,26,27,28,29,30). The van der Waals surface area contributed by atoms with E-state index < -0.39 is 0 Å². The third kappa shape index (κ3) is 6.04. The van der Waals surface area contributed by atoms with Crippen LogP contribution in [0.1, 0.15) is 35.8 Å². The van der Waals surface area contributed by atoms with Crippen LogP contribution >= 0.6 is 11.8 Å². The van der Waals surface area contributed by atoms with Crippen molar-refractivity contribution in [1.82, 2.24) is 30.0 Å². The molecular formula is C24H28N8O2S. The molecule has 3 heterocycles. The van der Waals surface area contributed by atoms with Crippen molar-refractivity contribution in [3.63, 3.8) is 0 Å². The zero-order valence-electron chi connectivity index (χ0n) is 19.8. The first-order chi connectivity index (χ1) is 16.9. The average molecular weight is 493 g/mol. The molecule has 1 aliphatic heterocycles. The van der Waals surface area contributed by atoms with Crippen LogP contribution in [0.5, 0.6) is 0 Å². The number of aromatic nitrogens is 5. The quantitative estimate of drug-likeness (QED) is 0.431. The van der Waals surface area contributed by atoms with Crippen LogP contribution in [0.15, 0.2) is 40.4 Å². The van der Waals surface area contributed by atoms with E-state index in [2.05, 4.69) is 42.3 Å². The molecule has 1 aliphatic carbocycles. The SMILES string of the molecule is CC(=O)c1cc(Nc2nc(Sc3ccc(CC(=O)C4CC4)cc3)nc(N3CCN(C)CC3)n2)n[nH]1. The van der Waals surface area contributed by atoms with Crippen molar-refractivity contribution in [2.75, 3.05) is 43.4 Å². The smallest absolute Gasteiger partial charge is 0.234 e. The van der Waals surface area contributed by atoms with Crippen LogP contribution in [0.25, 0.3) is 0 Å². The Kier molecular flexibility index (Phi) is 6.78. The predicted octanol–water partition coefficient (Wildman–Crippen LogP) is 2.97. The van der Waals surface area contributed by atoms with Gasteiger partial charge in [-0.15, -0.1) is 0 Å². The molecule has 0 atom stereocenters. The number of nitrogens with zero attached hydrogens (tertiary/aromatic N) is 6. The average Bonchev–Trinajstić information content (AvgIpc) is 3.59. The van der Waals surface area contributed by atoms with Crippen molar-refractivity contribution in [3.05, 3.63) is 41.6 Å². The maximum Gasteiger partial charge on any atom is 0.234 e.